The van der Waals surface area contributed by atoms with Crippen LogP contribution >= 0.6 is 0 Å². The minimum Gasteiger partial charge on any atom is -0.459 e. The highest BCUT2D eigenvalue weighted by molar-refractivity contribution is 5.82. The molecule has 0 bridgehead atoms. The van der Waals surface area contributed by atoms with E-state index in [2.05, 4.69) is 10.6 Å². The van der Waals surface area contributed by atoms with E-state index in [1.54, 1.807) is 7.11 Å². The van der Waals surface area contributed by atoms with E-state index >= 15 is 0 Å². The highest BCUT2D eigenvalue weighted by atomic mass is 16.5. The molecular weight excluding hydrogens is 292 g/mol. The van der Waals surface area contributed by atoms with Gasteiger partial charge in [0.15, 0.2) is 0 Å². The van der Waals surface area contributed by atoms with Crippen LogP contribution in [0.15, 0.2) is 28.7 Å². The van der Waals surface area contributed by atoms with Gasteiger partial charge in [-0.15, -0.1) is 0 Å². The Labute approximate surface area is 136 Å². The fourth-order valence-electron chi connectivity index (χ4n) is 3.38. The van der Waals surface area contributed by atoms with Crippen LogP contribution in [0.2, 0.25) is 0 Å². The SMILES string of the molecule is COC1CCC(NC(=O)NC(C)c2oc3ccccc3c2C)C1. The Hall–Kier alpha value is -2.01. The second-order valence-electron chi connectivity index (χ2n) is 6.29. The molecule has 3 atom stereocenters. The van der Waals surface area contributed by atoms with Crippen LogP contribution in [0.4, 0.5) is 4.79 Å². The number of carbonyl (C=O) groups excluding carboxylic acids is 1. The Kier molecular flexibility index (Phi) is 4.57. The minimum atomic E-state index is -0.179. The van der Waals surface area contributed by atoms with E-state index in [0.717, 1.165) is 41.6 Å². The monoisotopic (exact) mass is 316 g/mol. The molecule has 3 rings (SSSR count). The summed E-state index contributed by atoms with van der Waals surface area (Å²) in [6, 6.07) is 7.78. The van der Waals surface area contributed by atoms with Crippen LogP contribution in [0.25, 0.3) is 11.0 Å². The smallest absolute Gasteiger partial charge is 0.315 e. The van der Waals surface area contributed by atoms with Crippen molar-refractivity contribution in [3.63, 3.8) is 0 Å². The lowest BCUT2D eigenvalue weighted by Crippen LogP contribution is -2.42. The van der Waals surface area contributed by atoms with Crippen molar-refractivity contribution in [3.05, 3.63) is 35.6 Å². The highest BCUT2D eigenvalue weighted by Crippen LogP contribution is 2.29. The third-order valence-corrected chi connectivity index (χ3v) is 4.67. The van der Waals surface area contributed by atoms with Gasteiger partial charge in [0.25, 0.3) is 0 Å². The molecule has 5 heteroatoms. The molecule has 5 nitrogen and oxygen atoms in total. The first-order valence-electron chi connectivity index (χ1n) is 8.16. The average molecular weight is 316 g/mol. The molecule has 2 aromatic rings. The van der Waals surface area contributed by atoms with Crippen molar-refractivity contribution in [1.29, 1.82) is 0 Å². The summed E-state index contributed by atoms with van der Waals surface area (Å²) in [4.78, 5) is 12.2. The number of aryl methyl sites for hydroxylation is 1. The molecule has 0 saturated heterocycles. The highest BCUT2D eigenvalue weighted by Gasteiger charge is 2.26. The molecule has 1 fully saturated rings. The van der Waals surface area contributed by atoms with Crippen LogP contribution < -0.4 is 10.6 Å². The van der Waals surface area contributed by atoms with Crippen LogP contribution in [-0.2, 0) is 4.74 Å². The molecule has 2 amide bonds. The van der Waals surface area contributed by atoms with E-state index in [0.29, 0.717) is 0 Å². The summed E-state index contributed by atoms with van der Waals surface area (Å²) in [5, 5.41) is 7.09. The number of ether oxygens (including phenoxy) is 1. The molecule has 2 N–H and O–H groups in total. The number of benzene rings is 1. The van der Waals surface area contributed by atoms with Gasteiger partial charge < -0.3 is 19.8 Å². The van der Waals surface area contributed by atoms with E-state index in [-0.39, 0.29) is 24.2 Å². The summed E-state index contributed by atoms with van der Waals surface area (Å²) in [5.74, 6) is 0.808. The molecule has 1 heterocycles. The van der Waals surface area contributed by atoms with E-state index < -0.39 is 0 Å². The van der Waals surface area contributed by atoms with Gasteiger partial charge in [0.05, 0.1) is 12.1 Å². The lowest BCUT2D eigenvalue weighted by molar-refractivity contribution is 0.107. The molecule has 3 unspecified atom stereocenters. The predicted molar refractivity (Wildman–Crippen MR) is 89.5 cm³/mol. The molecule has 23 heavy (non-hydrogen) atoms. The number of para-hydroxylation sites is 1. The van der Waals surface area contributed by atoms with Crippen molar-refractivity contribution >= 4 is 17.0 Å². The first kappa shape index (κ1) is 15.9. The molecule has 1 aliphatic rings. The minimum absolute atomic E-state index is 0.154. The summed E-state index contributed by atoms with van der Waals surface area (Å²) in [6.07, 6.45) is 3.10. The number of methoxy groups -OCH3 is 1. The topological polar surface area (TPSA) is 63.5 Å². The number of carbonyl (C=O) groups is 1. The lowest BCUT2D eigenvalue weighted by atomic mass is 10.1. The van der Waals surface area contributed by atoms with E-state index in [1.165, 1.54) is 0 Å². The molecule has 1 aromatic carbocycles. The van der Waals surface area contributed by atoms with Gasteiger partial charge in [0.1, 0.15) is 11.3 Å². The predicted octanol–water partition coefficient (Wildman–Crippen LogP) is 3.67. The van der Waals surface area contributed by atoms with Crippen LogP contribution in [0.1, 0.15) is 43.6 Å². The van der Waals surface area contributed by atoms with Crippen LogP contribution in [-0.4, -0.2) is 25.3 Å². The first-order chi connectivity index (χ1) is 11.1. The van der Waals surface area contributed by atoms with E-state index in [4.69, 9.17) is 9.15 Å². The number of nitrogens with one attached hydrogen (secondary N) is 2. The second-order valence-corrected chi connectivity index (χ2v) is 6.29. The number of furan rings is 1. The summed E-state index contributed by atoms with van der Waals surface area (Å²) >= 11 is 0. The van der Waals surface area contributed by atoms with Gasteiger partial charge in [0.2, 0.25) is 0 Å². The Morgan fingerprint density at radius 2 is 2.13 bits per heavy atom. The normalized spacial score (nSPS) is 22.2. The first-order valence-corrected chi connectivity index (χ1v) is 8.16. The molecule has 0 radical (unpaired) electrons. The number of fused-ring (bicyclic) bond motifs is 1. The van der Waals surface area contributed by atoms with E-state index in [1.807, 2.05) is 38.1 Å². The summed E-state index contributed by atoms with van der Waals surface area (Å²) in [6.45, 7) is 3.97. The standard InChI is InChI=1S/C18H24N2O3/c1-11-15-6-4-5-7-16(15)23-17(11)12(2)19-18(21)20-13-8-9-14(10-13)22-3/h4-7,12-14H,8-10H2,1-3H3,(H2,19,20,21). The zero-order valence-corrected chi connectivity index (χ0v) is 13.9. The zero-order valence-electron chi connectivity index (χ0n) is 13.9. The third-order valence-electron chi connectivity index (χ3n) is 4.67. The maximum atomic E-state index is 12.2. The molecule has 124 valence electrons. The fraction of sp³-hybridized carbons (Fsp3) is 0.500. The number of hydrogen-bond acceptors (Lipinski definition) is 3. The van der Waals surface area contributed by atoms with Crippen LogP contribution in [0, 0.1) is 6.92 Å². The molecule has 0 spiro atoms. The average Bonchev–Trinajstić information content (AvgIpc) is 3.12. The summed E-state index contributed by atoms with van der Waals surface area (Å²) in [7, 11) is 1.72. The Morgan fingerprint density at radius 3 is 2.83 bits per heavy atom. The zero-order chi connectivity index (χ0) is 16.4. The van der Waals surface area contributed by atoms with Gasteiger partial charge in [-0.3, -0.25) is 0 Å². The van der Waals surface area contributed by atoms with Crippen molar-refractivity contribution in [3.8, 4) is 0 Å². The fourth-order valence-corrected chi connectivity index (χ4v) is 3.38. The van der Waals surface area contributed by atoms with Crippen molar-refractivity contribution in [2.45, 2.75) is 51.3 Å². The lowest BCUT2D eigenvalue weighted by Gasteiger charge is -2.17. The maximum Gasteiger partial charge on any atom is 0.315 e. The van der Waals surface area contributed by atoms with Gasteiger partial charge in [-0.25, -0.2) is 4.79 Å². The van der Waals surface area contributed by atoms with Crippen molar-refractivity contribution in [1.82, 2.24) is 10.6 Å². The van der Waals surface area contributed by atoms with Crippen molar-refractivity contribution < 1.29 is 13.9 Å². The number of urea groups is 1. The molecular formula is C18H24N2O3. The second kappa shape index (κ2) is 6.62. The molecule has 1 aromatic heterocycles. The maximum absolute atomic E-state index is 12.2. The van der Waals surface area contributed by atoms with Crippen LogP contribution in [0.3, 0.4) is 0 Å². The molecule has 1 aliphatic carbocycles. The number of hydrogen-bond donors (Lipinski definition) is 2. The molecule has 1 saturated carbocycles. The van der Waals surface area contributed by atoms with Gasteiger partial charge in [-0.2, -0.15) is 0 Å². The summed E-state index contributed by atoms with van der Waals surface area (Å²) < 4.78 is 11.2. The number of rotatable bonds is 4. The van der Waals surface area contributed by atoms with E-state index in [9.17, 15) is 4.79 Å². The quantitative estimate of drug-likeness (QED) is 0.904. The van der Waals surface area contributed by atoms with Crippen molar-refractivity contribution in [2.75, 3.05) is 7.11 Å². The number of amides is 2. The molecule has 0 aliphatic heterocycles. The Balaban J connectivity index is 1.62. The van der Waals surface area contributed by atoms with Crippen LogP contribution in [0.5, 0.6) is 0 Å². The van der Waals surface area contributed by atoms with Gasteiger partial charge in [-0.05, 0) is 39.2 Å². The van der Waals surface area contributed by atoms with Gasteiger partial charge in [-0.1, -0.05) is 18.2 Å². The van der Waals surface area contributed by atoms with Crippen molar-refractivity contribution in [2.24, 2.45) is 0 Å². The Bertz CT molecular complexity index is 695. The van der Waals surface area contributed by atoms with Gasteiger partial charge >= 0.3 is 6.03 Å². The largest absolute Gasteiger partial charge is 0.459 e. The third kappa shape index (κ3) is 3.34. The van der Waals surface area contributed by atoms with Gasteiger partial charge in [0, 0.05) is 24.1 Å². The summed E-state index contributed by atoms with van der Waals surface area (Å²) in [5.41, 5.74) is 1.93. The Morgan fingerprint density at radius 1 is 1.35 bits per heavy atom.